The summed E-state index contributed by atoms with van der Waals surface area (Å²) in [6.45, 7) is 5.94. The van der Waals surface area contributed by atoms with Crippen LogP contribution in [0.1, 0.15) is 46.0 Å². The molecule has 0 saturated carbocycles. The van der Waals surface area contributed by atoms with Gasteiger partial charge in [0.15, 0.2) is 6.61 Å². The van der Waals surface area contributed by atoms with E-state index in [0.717, 1.165) is 11.1 Å². The van der Waals surface area contributed by atoms with E-state index in [0.29, 0.717) is 16.7 Å². The van der Waals surface area contributed by atoms with Gasteiger partial charge in [0.25, 0.3) is 5.91 Å². The molecule has 1 heterocycles. The molecule has 0 amide bonds. The smallest absolute Gasteiger partial charge is 0.337 e. The van der Waals surface area contributed by atoms with Gasteiger partial charge < -0.3 is 9.84 Å². The Kier molecular flexibility index (Phi) is 4.80. The standard InChI is InChI=1S/C21H21NO4/c1-13(2)15-9-8-14(3)10-19(15)26-12-20(23)22-11-17(21(24)25)16-6-4-5-7-18(16)22/h4-11,13H,12H2,1-3H3,(H,24,25). The van der Waals surface area contributed by atoms with Gasteiger partial charge in [-0.25, -0.2) is 4.79 Å². The summed E-state index contributed by atoms with van der Waals surface area (Å²) in [7, 11) is 0. The van der Waals surface area contributed by atoms with Gasteiger partial charge in [-0.3, -0.25) is 9.36 Å². The molecule has 0 saturated heterocycles. The van der Waals surface area contributed by atoms with Crippen LogP contribution in [-0.2, 0) is 0 Å². The van der Waals surface area contributed by atoms with E-state index >= 15 is 0 Å². The van der Waals surface area contributed by atoms with E-state index in [2.05, 4.69) is 13.8 Å². The minimum atomic E-state index is -1.06. The maximum atomic E-state index is 12.7. The van der Waals surface area contributed by atoms with Crippen LogP contribution in [0.2, 0.25) is 0 Å². The molecule has 0 atom stereocenters. The normalized spacial score (nSPS) is 11.1. The maximum absolute atomic E-state index is 12.7. The SMILES string of the molecule is Cc1ccc(C(C)C)c(OCC(=O)n2cc(C(=O)O)c3ccccc32)c1. The Morgan fingerprint density at radius 2 is 1.88 bits per heavy atom. The van der Waals surface area contributed by atoms with Crippen LogP contribution in [-0.4, -0.2) is 28.2 Å². The Bertz CT molecular complexity index is 985. The summed E-state index contributed by atoms with van der Waals surface area (Å²) in [5.74, 6) is -0.422. The molecule has 0 bridgehead atoms. The predicted molar refractivity (Wildman–Crippen MR) is 100 cm³/mol. The topological polar surface area (TPSA) is 68.5 Å². The summed E-state index contributed by atoms with van der Waals surface area (Å²) >= 11 is 0. The summed E-state index contributed by atoms with van der Waals surface area (Å²) in [6.07, 6.45) is 1.36. The van der Waals surface area contributed by atoms with Gasteiger partial charge in [0.2, 0.25) is 0 Å². The molecule has 5 heteroatoms. The van der Waals surface area contributed by atoms with Gasteiger partial charge in [-0.05, 0) is 36.1 Å². The fourth-order valence-electron chi connectivity index (χ4n) is 3.01. The average Bonchev–Trinajstić information content (AvgIpc) is 2.99. The molecule has 0 radical (unpaired) electrons. The van der Waals surface area contributed by atoms with Crippen molar-refractivity contribution in [1.82, 2.24) is 4.57 Å². The van der Waals surface area contributed by atoms with Crippen molar-refractivity contribution in [3.8, 4) is 5.75 Å². The Hall–Kier alpha value is -3.08. The Morgan fingerprint density at radius 1 is 1.15 bits per heavy atom. The third kappa shape index (κ3) is 3.33. The van der Waals surface area contributed by atoms with Crippen LogP contribution in [0, 0.1) is 6.92 Å². The third-order valence-corrected chi connectivity index (χ3v) is 4.35. The van der Waals surface area contributed by atoms with E-state index in [1.165, 1.54) is 10.8 Å². The van der Waals surface area contributed by atoms with E-state index < -0.39 is 5.97 Å². The summed E-state index contributed by atoms with van der Waals surface area (Å²) in [6, 6.07) is 12.9. The molecule has 0 aliphatic heterocycles. The second-order valence-corrected chi connectivity index (χ2v) is 6.61. The van der Waals surface area contributed by atoms with E-state index in [4.69, 9.17) is 4.74 Å². The van der Waals surface area contributed by atoms with E-state index in [-0.39, 0.29) is 24.0 Å². The monoisotopic (exact) mass is 351 g/mol. The van der Waals surface area contributed by atoms with Gasteiger partial charge in [-0.15, -0.1) is 0 Å². The Labute approximate surface area is 151 Å². The number of ether oxygens (including phenoxy) is 1. The largest absolute Gasteiger partial charge is 0.483 e. The van der Waals surface area contributed by atoms with Crippen LogP contribution < -0.4 is 4.74 Å². The number of carbonyl (C=O) groups is 2. The van der Waals surface area contributed by atoms with E-state index in [1.54, 1.807) is 24.3 Å². The van der Waals surface area contributed by atoms with Crippen molar-refractivity contribution < 1.29 is 19.4 Å². The first kappa shape index (κ1) is 17.7. The van der Waals surface area contributed by atoms with Crippen LogP contribution in [0.25, 0.3) is 10.9 Å². The first-order valence-electron chi connectivity index (χ1n) is 8.48. The number of hydrogen-bond acceptors (Lipinski definition) is 3. The van der Waals surface area contributed by atoms with Gasteiger partial charge in [0.1, 0.15) is 5.75 Å². The molecule has 1 N–H and O–H groups in total. The van der Waals surface area contributed by atoms with Gasteiger partial charge in [0, 0.05) is 11.6 Å². The van der Waals surface area contributed by atoms with Gasteiger partial charge in [-0.2, -0.15) is 0 Å². The lowest BCUT2D eigenvalue weighted by Crippen LogP contribution is -2.19. The highest BCUT2D eigenvalue weighted by atomic mass is 16.5. The fourth-order valence-corrected chi connectivity index (χ4v) is 3.01. The average molecular weight is 351 g/mol. The van der Waals surface area contributed by atoms with Crippen LogP contribution in [0.15, 0.2) is 48.7 Å². The van der Waals surface area contributed by atoms with Crippen molar-refractivity contribution >= 4 is 22.8 Å². The van der Waals surface area contributed by atoms with Crippen molar-refractivity contribution in [1.29, 1.82) is 0 Å². The second-order valence-electron chi connectivity index (χ2n) is 6.61. The summed E-state index contributed by atoms with van der Waals surface area (Å²) in [4.78, 5) is 24.1. The third-order valence-electron chi connectivity index (χ3n) is 4.35. The molecule has 3 aromatic rings. The highest BCUT2D eigenvalue weighted by molar-refractivity contribution is 6.06. The molecule has 0 unspecified atom stereocenters. The van der Waals surface area contributed by atoms with Crippen molar-refractivity contribution in [3.05, 3.63) is 65.4 Å². The molecule has 134 valence electrons. The summed E-state index contributed by atoms with van der Waals surface area (Å²) < 4.78 is 7.15. The highest BCUT2D eigenvalue weighted by Gasteiger charge is 2.18. The molecule has 0 fully saturated rings. The lowest BCUT2D eigenvalue weighted by atomic mass is 10.0. The molecular formula is C21H21NO4. The second kappa shape index (κ2) is 7.04. The first-order chi connectivity index (χ1) is 12.4. The lowest BCUT2D eigenvalue weighted by molar-refractivity contribution is 0.0699. The lowest BCUT2D eigenvalue weighted by Gasteiger charge is -2.14. The minimum Gasteiger partial charge on any atom is -0.483 e. The number of benzene rings is 2. The van der Waals surface area contributed by atoms with Crippen LogP contribution >= 0.6 is 0 Å². The van der Waals surface area contributed by atoms with Crippen molar-refractivity contribution in [3.63, 3.8) is 0 Å². The molecule has 26 heavy (non-hydrogen) atoms. The molecule has 3 rings (SSSR count). The molecule has 0 aliphatic rings. The number of carbonyl (C=O) groups excluding carboxylic acids is 1. The fraction of sp³-hybridized carbons (Fsp3) is 0.238. The number of hydrogen-bond donors (Lipinski definition) is 1. The number of carboxylic acids is 1. The van der Waals surface area contributed by atoms with Crippen LogP contribution in [0.3, 0.4) is 0 Å². The van der Waals surface area contributed by atoms with Crippen molar-refractivity contribution in [2.75, 3.05) is 6.61 Å². The zero-order valence-corrected chi connectivity index (χ0v) is 15.0. The Balaban J connectivity index is 1.89. The molecule has 0 spiro atoms. The molecule has 1 aromatic heterocycles. The Morgan fingerprint density at radius 3 is 2.58 bits per heavy atom. The predicted octanol–water partition coefficient (Wildman–Crippen LogP) is 4.49. The number of rotatable bonds is 5. The van der Waals surface area contributed by atoms with Gasteiger partial charge in [-0.1, -0.05) is 44.2 Å². The van der Waals surface area contributed by atoms with E-state index in [1.807, 2.05) is 25.1 Å². The summed E-state index contributed by atoms with van der Waals surface area (Å²) in [5, 5.41) is 9.89. The van der Waals surface area contributed by atoms with Crippen molar-refractivity contribution in [2.24, 2.45) is 0 Å². The van der Waals surface area contributed by atoms with Crippen LogP contribution in [0.4, 0.5) is 0 Å². The quantitative estimate of drug-likeness (QED) is 0.735. The van der Waals surface area contributed by atoms with Gasteiger partial charge in [0.05, 0.1) is 11.1 Å². The molecule has 2 aromatic carbocycles. The van der Waals surface area contributed by atoms with Crippen molar-refractivity contribution in [2.45, 2.75) is 26.7 Å². The zero-order valence-electron chi connectivity index (χ0n) is 15.0. The number of fused-ring (bicyclic) bond motifs is 1. The van der Waals surface area contributed by atoms with E-state index in [9.17, 15) is 14.7 Å². The number of nitrogens with zero attached hydrogens (tertiary/aromatic N) is 1. The maximum Gasteiger partial charge on any atom is 0.337 e. The number of aromatic carboxylic acids is 1. The minimum absolute atomic E-state index is 0.104. The number of aromatic nitrogens is 1. The van der Waals surface area contributed by atoms with Crippen LogP contribution in [0.5, 0.6) is 5.75 Å². The zero-order chi connectivity index (χ0) is 18.8. The number of carboxylic acid groups (broad SMARTS) is 1. The highest BCUT2D eigenvalue weighted by Crippen LogP contribution is 2.28. The molecule has 0 aliphatic carbocycles. The number of aryl methyl sites for hydroxylation is 1. The first-order valence-corrected chi connectivity index (χ1v) is 8.48. The summed E-state index contributed by atoms with van der Waals surface area (Å²) in [5.41, 5.74) is 2.75. The van der Waals surface area contributed by atoms with Gasteiger partial charge >= 0.3 is 5.97 Å². The molecular weight excluding hydrogens is 330 g/mol. The number of para-hydroxylation sites is 1. The molecule has 5 nitrogen and oxygen atoms in total.